The molecule has 0 heterocycles. The van der Waals surface area contributed by atoms with E-state index in [4.69, 9.17) is 0 Å². The lowest BCUT2D eigenvalue weighted by molar-refractivity contribution is 0.0979. The van der Waals surface area contributed by atoms with Gasteiger partial charge in [0.25, 0.3) is 5.91 Å². The Balaban J connectivity index is 1.73. The monoisotopic (exact) mass is 417 g/mol. The number of nitrogens with one attached hydrogen (secondary N) is 1. The van der Waals surface area contributed by atoms with Crippen LogP contribution >= 0.6 is 0 Å². The number of amides is 1. The van der Waals surface area contributed by atoms with Crippen LogP contribution in [0.3, 0.4) is 0 Å². The molecule has 0 radical (unpaired) electrons. The van der Waals surface area contributed by atoms with Gasteiger partial charge < -0.3 is 5.32 Å². The zero-order valence-electron chi connectivity index (χ0n) is 14.7. The summed E-state index contributed by atoms with van der Waals surface area (Å²) < 4.78 is 67.5. The number of carbonyl (C=O) groups is 3. The molecular formula is C21H8F5NO3. The Bertz CT molecular complexity index is 1260. The molecule has 1 aliphatic rings. The number of hydrogen-bond acceptors (Lipinski definition) is 3. The van der Waals surface area contributed by atoms with Crippen molar-refractivity contribution < 1.29 is 36.3 Å². The summed E-state index contributed by atoms with van der Waals surface area (Å²) in [4.78, 5) is 37.4. The SMILES string of the molecule is O=C1c2ccccc2C(=O)c2cc(NC(=O)c3c(F)c(F)c(F)c(F)c3F)ccc21. The molecule has 4 rings (SSSR count). The van der Waals surface area contributed by atoms with Gasteiger partial charge in [0.15, 0.2) is 34.8 Å². The zero-order chi connectivity index (χ0) is 21.7. The van der Waals surface area contributed by atoms with Crippen molar-refractivity contribution >= 4 is 23.2 Å². The van der Waals surface area contributed by atoms with Crippen LogP contribution in [0.15, 0.2) is 42.5 Å². The first-order valence-corrected chi connectivity index (χ1v) is 8.37. The summed E-state index contributed by atoms with van der Waals surface area (Å²) in [6, 6.07) is 9.56. The van der Waals surface area contributed by atoms with Gasteiger partial charge in [-0.3, -0.25) is 14.4 Å². The Labute approximate surface area is 164 Å². The smallest absolute Gasteiger partial charge is 0.261 e. The summed E-state index contributed by atoms with van der Waals surface area (Å²) in [5.74, 6) is -14.1. The predicted octanol–water partition coefficient (Wildman–Crippen LogP) is 4.41. The minimum atomic E-state index is -2.39. The van der Waals surface area contributed by atoms with E-state index in [1.54, 1.807) is 12.1 Å². The van der Waals surface area contributed by atoms with Gasteiger partial charge >= 0.3 is 0 Å². The molecule has 0 unspecified atom stereocenters. The van der Waals surface area contributed by atoms with Gasteiger partial charge in [0.2, 0.25) is 5.82 Å². The summed E-state index contributed by atoms with van der Waals surface area (Å²) in [5.41, 5.74) is -1.53. The fourth-order valence-electron chi connectivity index (χ4n) is 3.18. The molecule has 3 aromatic carbocycles. The summed E-state index contributed by atoms with van der Waals surface area (Å²) >= 11 is 0. The number of benzene rings is 3. The van der Waals surface area contributed by atoms with Crippen LogP contribution in [0.2, 0.25) is 0 Å². The minimum Gasteiger partial charge on any atom is -0.322 e. The Morgan fingerprint density at radius 1 is 0.633 bits per heavy atom. The topological polar surface area (TPSA) is 63.2 Å². The third-order valence-corrected chi connectivity index (χ3v) is 4.62. The lowest BCUT2D eigenvalue weighted by Gasteiger charge is -2.18. The van der Waals surface area contributed by atoms with Crippen molar-refractivity contribution in [2.45, 2.75) is 0 Å². The lowest BCUT2D eigenvalue weighted by atomic mass is 9.84. The fraction of sp³-hybridized carbons (Fsp3) is 0. The second-order valence-corrected chi connectivity index (χ2v) is 6.36. The molecule has 0 spiro atoms. The number of anilines is 1. The van der Waals surface area contributed by atoms with Crippen LogP contribution in [0.25, 0.3) is 0 Å². The van der Waals surface area contributed by atoms with E-state index in [0.717, 1.165) is 6.07 Å². The number of rotatable bonds is 2. The van der Waals surface area contributed by atoms with Gasteiger partial charge in [0.05, 0.1) is 0 Å². The van der Waals surface area contributed by atoms with E-state index >= 15 is 0 Å². The number of carbonyl (C=O) groups excluding carboxylic acids is 3. The molecule has 0 bridgehead atoms. The van der Waals surface area contributed by atoms with E-state index in [1.807, 2.05) is 5.32 Å². The number of hydrogen-bond donors (Lipinski definition) is 1. The molecule has 9 heteroatoms. The van der Waals surface area contributed by atoms with Crippen LogP contribution in [0.4, 0.5) is 27.6 Å². The minimum absolute atomic E-state index is 0.0490. The average molecular weight is 417 g/mol. The summed E-state index contributed by atoms with van der Waals surface area (Å²) in [5, 5.41) is 1.99. The van der Waals surface area contributed by atoms with Gasteiger partial charge in [-0.1, -0.05) is 24.3 Å². The van der Waals surface area contributed by atoms with E-state index in [-0.39, 0.29) is 27.9 Å². The lowest BCUT2D eigenvalue weighted by Crippen LogP contribution is -2.22. The Hall–Kier alpha value is -3.88. The first-order chi connectivity index (χ1) is 14.2. The largest absolute Gasteiger partial charge is 0.322 e. The average Bonchev–Trinajstić information content (AvgIpc) is 2.74. The van der Waals surface area contributed by atoms with Crippen LogP contribution in [0.1, 0.15) is 42.2 Å². The Morgan fingerprint density at radius 2 is 1.10 bits per heavy atom. The van der Waals surface area contributed by atoms with Gasteiger partial charge in [0, 0.05) is 27.9 Å². The molecule has 0 aromatic heterocycles. The molecule has 30 heavy (non-hydrogen) atoms. The van der Waals surface area contributed by atoms with Crippen molar-refractivity contribution in [2.75, 3.05) is 5.32 Å². The van der Waals surface area contributed by atoms with Crippen LogP contribution in [-0.4, -0.2) is 17.5 Å². The van der Waals surface area contributed by atoms with Crippen molar-refractivity contribution in [1.82, 2.24) is 0 Å². The highest BCUT2D eigenvalue weighted by Crippen LogP contribution is 2.30. The van der Waals surface area contributed by atoms with E-state index in [1.165, 1.54) is 24.3 Å². The molecule has 1 N–H and O–H groups in total. The van der Waals surface area contributed by atoms with Gasteiger partial charge in [-0.25, -0.2) is 22.0 Å². The van der Waals surface area contributed by atoms with E-state index in [2.05, 4.69) is 0 Å². The van der Waals surface area contributed by atoms with Gasteiger partial charge in [-0.2, -0.15) is 0 Å². The van der Waals surface area contributed by atoms with Gasteiger partial charge in [-0.15, -0.1) is 0 Å². The maximum atomic E-state index is 13.8. The second-order valence-electron chi connectivity index (χ2n) is 6.36. The maximum Gasteiger partial charge on any atom is 0.261 e. The Kier molecular flexibility index (Phi) is 4.45. The van der Waals surface area contributed by atoms with E-state index < -0.39 is 52.1 Å². The Morgan fingerprint density at radius 3 is 1.67 bits per heavy atom. The third-order valence-electron chi connectivity index (χ3n) is 4.62. The number of halogens is 5. The first kappa shape index (κ1) is 19.4. The number of ketones is 2. The second kappa shape index (κ2) is 6.87. The molecule has 1 aliphatic carbocycles. The summed E-state index contributed by atoms with van der Waals surface area (Å²) in [6.07, 6.45) is 0. The zero-order valence-corrected chi connectivity index (χ0v) is 14.7. The summed E-state index contributed by atoms with van der Waals surface area (Å²) in [6.45, 7) is 0. The van der Waals surface area contributed by atoms with E-state index in [0.29, 0.717) is 0 Å². The quantitative estimate of drug-likeness (QED) is 0.299. The van der Waals surface area contributed by atoms with Crippen LogP contribution < -0.4 is 5.32 Å². The van der Waals surface area contributed by atoms with Gasteiger partial charge in [-0.05, 0) is 18.2 Å². The molecular weight excluding hydrogens is 409 g/mol. The summed E-state index contributed by atoms with van der Waals surface area (Å²) in [7, 11) is 0. The molecule has 4 nitrogen and oxygen atoms in total. The molecule has 1 amide bonds. The van der Waals surface area contributed by atoms with Gasteiger partial charge in [0.1, 0.15) is 5.56 Å². The maximum absolute atomic E-state index is 13.8. The standard InChI is InChI=1S/C21H8F5NO3/c22-14-13(15(23)17(25)18(26)16(14)24)21(30)27-8-5-6-11-12(7-8)20(29)10-4-2-1-3-9(10)19(11)28/h1-7H,(H,27,30). The van der Waals surface area contributed by atoms with Crippen molar-refractivity contribution in [3.05, 3.63) is 99.4 Å². The van der Waals surface area contributed by atoms with E-state index in [9.17, 15) is 36.3 Å². The molecule has 0 saturated heterocycles. The highest BCUT2D eigenvalue weighted by Gasteiger charge is 2.31. The predicted molar refractivity (Wildman–Crippen MR) is 93.9 cm³/mol. The molecule has 3 aromatic rings. The highest BCUT2D eigenvalue weighted by atomic mass is 19.2. The van der Waals surface area contributed by atoms with Crippen molar-refractivity contribution in [3.8, 4) is 0 Å². The molecule has 0 aliphatic heterocycles. The number of fused-ring (bicyclic) bond motifs is 2. The normalized spacial score (nSPS) is 12.4. The molecule has 0 atom stereocenters. The van der Waals surface area contributed by atoms with Crippen LogP contribution in [0.5, 0.6) is 0 Å². The molecule has 0 fully saturated rings. The van der Waals surface area contributed by atoms with Crippen molar-refractivity contribution in [2.24, 2.45) is 0 Å². The van der Waals surface area contributed by atoms with Crippen molar-refractivity contribution in [1.29, 1.82) is 0 Å². The third kappa shape index (κ3) is 2.78. The first-order valence-electron chi connectivity index (χ1n) is 8.37. The van der Waals surface area contributed by atoms with Crippen LogP contribution in [-0.2, 0) is 0 Å². The highest BCUT2D eigenvalue weighted by molar-refractivity contribution is 6.28. The van der Waals surface area contributed by atoms with Crippen molar-refractivity contribution in [3.63, 3.8) is 0 Å². The van der Waals surface area contributed by atoms with Crippen LogP contribution in [0, 0.1) is 29.1 Å². The molecule has 150 valence electrons. The molecule has 0 saturated carbocycles. The fourth-order valence-corrected chi connectivity index (χ4v) is 3.18.